The molecular weight excluding hydrogens is 258 g/mol. The minimum atomic E-state index is 0.589. The minimum Gasteiger partial charge on any atom is -0.371 e. The number of nitrogens with zero attached hydrogens (tertiary/aromatic N) is 2. The van der Waals surface area contributed by atoms with Crippen molar-refractivity contribution in [1.82, 2.24) is 10.3 Å². The van der Waals surface area contributed by atoms with Crippen molar-refractivity contribution in [3.05, 3.63) is 36.5 Å². The molecule has 3 heteroatoms. The molecule has 3 rings (SSSR count). The Balaban J connectivity index is 1.85. The Bertz CT molecular complexity index is 591. The summed E-state index contributed by atoms with van der Waals surface area (Å²) in [4.78, 5) is 7.03. The molecule has 0 saturated carbocycles. The van der Waals surface area contributed by atoms with Crippen molar-refractivity contribution in [3.63, 3.8) is 0 Å². The van der Waals surface area contributed by atoms with E-state index in [1.807, 2.05) is 6.20 Å². The number of para-hydroxylation sites is 1. The highest BCUT2D eigenvalue weighted by Crippen LogP contribution is 2.30. The number of anilines is 1. The Hall–Kier alpha value is -1.61. The Morgan fingerprint density at radius 2 is 2.19 bits per heavy atom. The average molecular weight is 283 g/mol. The summed E-state index contributed by atoms with van der Waals surface area (Å²) >= 11 is 0. The first-order valence-corrected chi connectivity index (χ1v) is 8.11. The predicted octanol–water partition coefficient (Wildman–Crippen LogP) is 3.45. The van der Waals surface area contributed by atoms with E-state index in [4.69, 9.17) is 0 Å². The second kappa shape index (κ2) is 6.44. The zero-order chi connectivity index (χ0) is 14.7. The summed E-state index contributed by atoms with van der Waals surface area (Å²) in [6.07, 6.45) is 4.54. The number of hydrogen-bond donors (Lipinski definition) is 1. The second-order valence-electron chi connectivity index (χ2n) is 6.04. The molecule has 1 N–H and O–H groups in total. The lowest BCUT2D eigenvalue weighted by Crippen LogP contribution is -2.44. The van der Waals surface area contributed by atoms with Crippen molar-refractivity contribution in [2.45, 2.75) is 32.7 Å². The summed E-state index contributed by atoms with van der Waals surface area (Å²) in [7, 11) is 0. The van der Waals surface area contributed by atoms with Gasteiger partial charge in [-0.25, -0.2) is 0 Å². The lowest BCUT2D eigenvalue weighted by molar-refractivity contribution is 0.324. The molecule has 1 aliphatic heterocycles. The molecule has 1 aromatic heterocycles. The quantitative estimate of drug-likeness (QED) is 0.931. The van der Waals surface area contributed by atoms with Crippen LogP contribution < -0.4 is 10.2 Å². The summed E-state index contributed by atoms with van der Waals surface area (Å²) < 4.78 is 0. The predicted molar refractivity (Wildman–Crippen MR) is 89.8 cm³/mol. The zero-order valence-corrected chi connectivity index (χ0v) is 13.0. The summed E-state index contributed by atoms with van der Waals surface area (Å²) in [6.45, 7) is 7.86. The lowest BCUT2D eigenvalue weighted by atomic mass is 9.91. The molecule has 2 atom stereocenters. The summed E-state index contributed by atoms with van der Waals surface area (Å²) in [5.74, 6) is 0.727. The number of nitrogens with one attached hydrogen (secondary N) is 1. The van der Waals surface area contributed by atoms with E-state index < -0.39 is 0 Å². The van der Waals surface area contributed by atoms with Crippen molar-refractivity contribution < 1.29 is 0 Å². The molecule has 1 aliphatic rings. The Labute approximate surface area is 127 Å². The third-order valence-electron chi connectivity index (χ3n) is 4.66. The second-order valence-corrected chi connectivity index (χ2v) is 6.04. The van der Waals surface area contributed by atoms with Crippen LogP contribution in [-0.2, 0) is 0 Å². The number of aromatic nitrogens is 1. The van der Waals surface area contributed by atoms with E-state index in [9.17, 15) is 0 Å². The van der Waals surface area contributed by atoms with Gasteiger partial charge in [-0.1, -0.05) is 25.1 Å². The van der Waals surface area contributed by atoms with Gasteiger partial charge in [0, 0.05) is 36.4 Å². The molecule has 21 heavy (non-hydrogen) atoms. The molecule has 2 heterocycles. The van der Waals surface area contributed by atoms with Crippen LogP contribution >= 0.6 is 0 Å². The highest BCUT2D eigenvalue weighted by molar-refractivity contribution is 5.91. The molecule has 0 spiro atoms. The maximum atomic E-state index is 4.48. The molecule has 0 radical (unpaired) electrons. The monoisotopic (exact) mass is 283 g/mol. The van der Waals surface area contributed by atoms with Gasteiger partial charge in [-0.3, -0.25) is 4.98 Å². The van der Waals surface area contributed by atoms with Crippen LogP contribution in [0.15, 0.2) is 36.5 Å². The van der Waals surface area contributed by atoms with Crippen LogP contribution in [-0.4, -0.2) is 30.7 Å². The average Bonchev–Trinajstić information content (AvgIpc) is 2.55. The van der Waals surface area contributed by atoms with Gasteiger partial charge in [-0.05, 0) is 44.4 Å². The topological polar surface area (TPSA) is 28.2 Å². The fourth-order valence-corrected chi connectivity index (χ4v) is 3.48. The normalized spacial score (nSPS) is 20.7. The number of fused-ring (bicyclic) bond motifs is 1. The number of pyridine rings is 1. The van der Waals surface area contributed by atoms with Gasteiger partial charge in [0.2, 0.25) is 0 Å². The molecule has 3 nitrogen and oxygen atoms in total. The minimum absolute atomic E-state index is 0.589. The van der Waals surface area contributed by atoms with E-state index in [0.29, 0.717) is 6.04 Å². The van der Waals surface area contributed by atoms with Gasteiger partial charge in [0.1, 0.15) is 0 Å². The number of piperidine rings is 1. The molecule has 1 saturated heterocycles. The van der Waals surface area contributed by atoms with Gasteiger partial charge >= 0.3 is 0 Å². The van der Waals surface area contributed by atoms with Crippen LogP contribution in [0.1, 0.15) is 26.7 Å². The first-order chi connectivity index (χ1) is 10.3. The van der Waals surface area contributed by atoms with Crippen LogP contribution in [0.5, 0.6) is 0 Å². The van der Waals surface area contributed by atoms with Crippen molar-refractivity contribution in [2.75, 3.05) is 24.5 Å². The largest absolute Gasteiger partial charge is 0.371 e. The van der Waals surface area contributed by atoms with Crippen LogP contribution in [0, 0.1) is 5.92 Å². The fourth-order valence-electron chi connectivity index (χ4n) is 3.48. The van der Waals surface area contributed by atoms with Gasteiger partial charge in [-0.15, -0.1) is 0 Å². The van der Waals surface area contributed by atoms with Crippen molar-refractivity contribution >= 4 is 16.6 Å². The lowest BCUT2D eigenvalue weighted by Gasteiger charge is -2.37. The summed E-state index contributed by atoms with van der Waals surface area (Å²) in [6, 6.07) is 11.2. The summed E-state index contributed by atoms with van der Waals surface area (Å²) in [5.41, 5.74) is 2.44. The van der Waals surface area contributed by atoms with E-state index in [2.05, 4.69) is 59.4 Å². The smallest absolute Gasteiger partial charge is 0.0722 e. The number of rotatable bonds is 4. The molecular formula is C18H25N3. The number of hydrogen-bond acceptors (Lipinski definition) is 3. The van der Waals surface area contributed by atoms with Crippen LogP contribution in [0.3, 0.4) is 0 Å². The van der Waals surface area contributed by atoms with Gasteiger partial charge < -0.3 is 10.2 Å². The van der Waals surface area contributed by atoms with Crippen molar-refractivity contribution in [3.8, 4) is 0 Å². The van der Waals surface area contributed by atoms with Gasteiger partial charge in [0.15, 0.2) is 0 Å². The maximum Gasteiger partial charge on any atom is 0.0722 e. The summed E-state index contributed by atoms with van der Waals surface area (Å²) in [5, 5.41) is 4.86. The first kappa shape index (κ1) is 14.3. The van der Waals surface area contributed by atoms with E-state index >= 15 is 0 Å². The molecule has 0 amide bonds. The number of benzene rings is 1. The zero-order valence-electron chi connectivity index (χ0n) is 13.0. The van der Waals surface area contributed by atoms with Crippen LogP contribution in [0.25, 0.3) is 10.9 Å². The van der Waals surface area contributed by atoms with E-state index in [-0.39, 0.29) is 0 Å². The van der Waals surface area contributed by atoms with Gasteiger partial charge in [-0.2, -0.15) is 0 Å². The fraction of sp³-hybridized carbons (Fsp3) is 0.500. The van der Waals surface area contributed by atoms with Crippen molar-refractivity contribution in [2.24, 2.45) is 5.92 Å². The SMILES string of the molecule is CCNC(C)C1CCCN(c2ccnc3ccccc23)C1. The van der Waals surface area contributed by atoms with E-state index in [1.165, 1.54) is 23.9 Å². The molecule has 0 bridgehead atoms. The molecule has 112 valence electrons. The molecule has 0 aliphatic carbocycles. The highest BCUT2D eigenvalue weighted by Gasteiger charge is 2.25. The van der Waals surface area contributed by atoms with Crippen molar-refractivity contribution in [1.29, 1.82) is 0 Å². The van der Waals surface area contributed by atoms with E-state index in [0.717, 1.165) is 31.1 Å². The van der Waals surface area contributed by atoms with Crippen LogP contribution in [0.2, 0.25) is 0 Å². The molecule has 1 fully saturated rings. The molecule has 1 aromatic carbocycles. The Kier molecular flexibility index (Phi) is 4.39. The standard InChI is InChI=1S/C18H25N3/c1-3-19-14(2)15-7-6-12-21(13-15)18-10-11-20-17-9-5-4-8-16(17)18/h4-5,8-11,14-15,19H,3,6-7,12-13H2,1-2H3. The molecule has 2 unspecified atom stereocenters. The Morgan fingerprint density at radius 1 is 1.33 bits per heavy atom. The van der Waals surface area contributed by atoms with Gasteiger partial charge in [0.25, 0.3) is 0 Å². The maximum absolute atomic E-state index is 4.48. The first-order valence-electron chi connectivity index (χ1n) is 8.11. The van der Waals surface area contributed by atoms with Gasteiger partial charge in [0.05, 0.1) is 5.52 Å². The molecule has 2 aromatic rings. The highest BCUT2D eigenvalue weighted by atomic mass is 15.1. The third-order valence-corrected chi connectivity index (χ3v) is 4.66. The Morgan fingerprint density at radius 3 is 3.05 bits per heavy atom. The third kappa shape index (κ3) is 3.03. The van der Waals surface area contributed by atoms with E-state index in [1.54, 1.807) is 0 Å². The van der Waals surface area contributed by atoms with Crippen LogP contribution in [0.4, 0.5) is 5.69 Å².